The molecule has 2 aliphatic rings. The number of carbonyl (C=O) groups is 1. The Morgan fingerprint density at radius 1 is 1.22 bits per heavy atom. The first-order valence-corrected chi connectivity index (χ1v) is 6.07. The Balaban J connectivity index is 1.72. The summed E-state index contributed by atoms with van der Waals surface area (Å²) in [6, 6.07) is 5.65. The minimum atomic E-state index is 0.113. The molecule has 0 saturated carbocycles. The maximum atomic E-state index is 12.1. The summed E-state index contributed by atoms with van der Waals surface area (Å²) in [5.74, 6) is 1.54. The summed E-state index contributed by atoms with van der Waals surface area (Å²) in [4.78, 5) is 14.0. The van der Waals surface area contributed by atoms with E-state index in [-0.39, 0.29) is 12.7 Å². The van der Waals surface area contributed by atoms with E-state index in [1.54, 1.807) is 0 Å². The quantitative estimate of drug-likeness (QED) is 0.778. The highest BCUT2D eigenvalue weighted by molar-refractivity contribution is 5.80. The zero-order valence-electron chi connectivity index (χ0n) is 10.1. The maximum Gasteiger partial charge on any atom is 0.231 e. The van der Waals surface area contributed by atoms with Gasteiger partial charge in [-0.05, 0) is 6.07 Å². The van der Waals surface area contributed by atoms with Gasteiger partial charge in [0.05, 0.1) is 19.6 Å². The van der Waals surface area contributed by atoms with Gasteiger partial charge in [0.1, 0.15) is 0 Å². The molecule has 1 amide bonds. The van der Waals surface area contributed by atoms with Crippen LogP contribution in [-0.4, -0.2) is 43.9 Å². The predicted octanol–water partition coefficient (Wildman–Crippen LogP) is 0.817. The van der Waals surface area contributed by atoms with Crippen molar-refractivity contribution < 1.29 is 19.0 Å². The molecule has 2 heterocycles. The van der Waals surface area contributed by atoms with E-state index < -0.39 is 0 Å². The number of rotatable bonds is 2. The second-order valence-electron chi connectivity index (χ2n) is 4.32. The van der Waals surface area contributed by atoms with E-state index in [1.165, 1.54) is 0 Å². The van der Waals surface area contributed by atoms with Crippen LogP contribution in [0.5, 0.6) is 11.5 Å². The van der Waals surface area contributed by atoms with Crippen LogP contribution in [0.25, 0.3) is 0 Å². The van der Waals surface area contributed by atoms with Gasteiger partial charge in [-0.3, -0.25) is 4.79 Å². The van der Waals surface area contributed by atoms with Crippen molar-refractivity contribution in [3.8, 4) is 11.5 Å². The average molecular weight is 249 g/mol. The molecule has 96 valence electrons. The first-order valence-electron chi connectivity index (χ1n) is 6.07. The van der Waals surface area contributed by atoms with Crippen molar-refractivity contribution in [1.29, 1.82) is 0 Å². The lowest BCUT2D eigenvalue weighted by Crippen LogP contribution is -2.41. The Kier molecular flexibility index (Phi) is 3.06. The number of para-hydroxylation sites is 1. The fraction of sp³-hybridized carbons (Fsp3) is 0.462. The first kappa shape index (κ1) is 11.3. The number of nitrogens with zero attached hydrogens (tertiary/aromatic N) is 1. The van der Waals surface area contributed by atoms with E-state index in [1.807, 2.05) is 23.1 Å². The zero-order chi connectivity index (χ0) is 12.4. The van der Waals surface area contributed by atoms with Gasteiger partial charge >= 0.3 is 0 Å². The Morgan fingerprint density at radius 2 is 2.06 bits per heavy atom. The largest absolute Gasteiger partial charge is 0.454 e. The van der Waals surface area contributed by atoms with Crippen molar-refractivity contribution in [2.75, 3.05) is 33.1 Å². The maximum absolute atomic E-state index is 12.1. The van der Waals surface area contributed by atoms with Crippen LogP contribution in [-0.2, 0) is 16.0 Å². The van der Waals surface area contributed by atoms with Crippen LogP contribution in [0, 0.1) is 0 Å². The minimum absolute atomic E-state index is 0.113. The summed E-state index contributed by atoms with van der Waals surface area (Å²) < 4.78 is 15.9. The van der Waals surface area contributed by atoms with Gasteiger partial charge < -0.3 is 19.1 Å². The number of morpholine rings is 1. The molecule has 0 aromatic heterocycles. The molecule has 1 aromatic carbocycles. The number of amides is 1. The fourth-order valence-corrected chi connectivity index (χ4v) is 2.22. The van der Waals surface area contributed by atoms with Gasteiger partial charge in [0, 0.05) is 18.7 Å². The van der Waals surface area contributed by atoms with Crippen molar-refractivity contribution in [3.63, 3.8) is 0 Å². The smallest absolute Gasteiger partial charge is 0.231 e. The third-order valence-electron chi connectivity index (χ3n) is 3.18. The molecule has 1 saturated heterocycles. The number of carbonyl (C=O) groups excluding carboxylic acids is 1. The molecule has 0 spiro atoms. The summed E-state index contributed by atoms with van der Waals surface area (Å²) in [5.41, 5.74) is 0.890. The SMILES string of the molecule is O=C(Cc1cccc2c1OCO2)N1CCOCC1. The predicted molar refractivity (Wildman–Crippen MR) is 63.7 cm³/mol. The molecule has 5 nitrogen and oxygen atoms in total. The van der Waals surface area contributed by atoms with Gasteiger partial charge in [0.15, 0.2) is 11.5 Å². The molecule has 1 aromatic rings. The monoisotopic (exact) mass is 249 g/mol. The summed E-state index contributed by atoms with van der Waals surface area (Å²) in [6.07, 6.45) is 0.354. The van der Waals surface area contributed by atoms with E-state index in [0.717, 1.165) is 11.3 Å². The van der Waals surface area contributed by atoms with Crippen molar-refractivity contribution in [3.05, 3.63) is 23.8 Å². The van der Waals surface area contributed by atoms with Crippen LogP contribution in [0.15, 0.2) is 18.2 Å². The van der Waals surface area contributed by atoms with Crippen LogP contribution in [0.2, 0.25) is 0 Å². The van der Waals surface area contributed by atoms with E-state index in [2.05, 4.69) is 0 Å². The van der Waals surface area contributed by atoms with Crippen molar-refractivity contribution >= 4 is 5.91 Å². The molecule has 0 bridgehead atoms. The van der Waals surface area contributed by atoms with Crippen molar-refractivity contribution in [2.24, 2.45) is 0 Å². The van der Waals surface area contributed by atoms with Crippen LogP contribution < -0.4 is 9.47 Å². The van der Waals surface area contributed by atoms with E-state index in [4.69, 9.17) is 14.2 Å². The third-order valence-corrected chi connectivity index (χ3v) is 3.18. The van der Waals surface area contributed by atoms with E-state index in [9.17, 15) is 4.79 Å². The molecule has 0 aliphatic carbocycles. The summed E-state index contributed by atoms with van der Waals surface area (Å²) >= 11 is 0. The summed E-state index contributed by atoms with van der Waals surface area (Å²) in [7, 11) is 0. The number of fused-ring (bicyclic) bond motifs is 1. The van der Waals surface area contributed by atoms with Gasteiger partial charge in [0.2, 0.25) is 12.7 Å². The number of ether oxygens (including phenoxy) is 3. The number of benzene rings is 1. The van der Waals surface area contributed by atoms with Gasteiger partial charge in [-0.15, -0.1) is 0 Å². The normalized spacial score (nSPS) is 17.9. The molecule has 0 radical (unpaired) electrons. The lowest BCUT2D eigenvalue weighted by molar-refractivity contribution is -0.134. The molecule has 18 heavy (non-hydrogen) atoms. The highest BCUT2D eigenvalue weighted by Gasteiger charge is 2.22. The number of hydrogen-bond donors (Lipinski definition) is 0. The Hall–Kier alpha value is -1.75. The number of hydrogen-bond acceptors (Lipinski definition) is 4. The van der Waals surface area contributed by atoms with Gasteiger partial charge in [-0.2, -0.15) is 0 Å². The first-order chi connectivity index (χ1) is 8.84. The van der Waals surface area contributed by atoms with E-state index in [0.29, 0.717) is 38.5 Å². The molecular formula is C13H15NO4. The highest BCUT2D eigenvalue weighted by atomic mass is 16.7. The van der Waals surface area contributed by atoms with E-state index >= 15 is 0 Å². The molecule has 0 unspecified atom stereocenters. The molecular weight excluding hydrogens is 234 g/mol. The molecule has 0 atom stereocenters. The van der Waals surface area contributed by atoms with Crippen LogP contribution >= 0.6 is 0 Å². The van der Waals surface area contributed by atoms with Crippen LogP contribution in [0.1, 0.15) is 5.56 Å². The standard InChI is InChI=1S/C13H15NO4/c15-12(14-4-6-16-7-5-14)8-10-2-1-3-11-13(10)18-9-17-11/h1-3H,4-9H2. The van der Waals surface area contributed by atoms with Gasteiger partial charge in [-0.1, -0.05) is 12.1 Å². The van der Waals surface area contributed by atoms with Gasteiger partial charge in [0.25, 0.3) is 0 Å². The topological polar surface area (TPSA) is 48.0 Å². The molecule has 0 N–H and O–H groups in total. The summed E-state index contributed by atoms with van der Waals surface area (Å²) in [5, 5.41) is 0. The van der Waals surface area contributed by atoms with Crippen LogP contribution in [0.3, 0.4) is 0 Å². The molecule has 2 aliphatic heterocycles. The average Bonchev–Trinajstić information content (AvgIpc) is 2.89. The lowest BCUT2D eigenvalue weighted by Gasteiger charge is -2.27. The van der Waals surface area contributed by atoms with Gasteiger partial charge in [-0.25, -0.2) is 0 Å². The lowest BCUT2D eigenvalue weighted by atomic mass is 10.1. The second kappa shape index (κ2) is 4.86. The molecule has 1 fully saturated rings. The fourth-order valence-electron chi connectivity index (χ4n) is 2.22. The Morgan fingerprint density at radius 3 is 2.89 bits per heavy atom. The third kappa shape index (κ3) is 2.13. The van der Waals surface area contributed by atoms with Crippen molar-refractivity contribution in [2.45, 2.75) is 6.42 Å². The highest BCUT2D eigenvalue weighted by Crippen LogP contribution is 2.35. The molecule has 5 heteroatoms. The zero-order valence-corrected chi connectivity index (χ0v) is 10.1. The van der Waals surface area contributed by atoms with Crippen molar-refractivity contribution in [1.82, 2.24) is 4.90 Å². The summed E-state index contributed by atoms with van der Waals surface area (Å²) in [6.45, 7) is 2.82. The molecule has 3 rings (SSSR count). The van der Waals surface area contributed by atoms with Crippen LogP contribution in [0.4, 0.5) is 0 Å². The minimum Gasteiger partial charge on any atom is -0.454 e. The Labute approximate surface area is 105 Å². The second-order valence-corrected chi connectivity index (χ2v) is 4.32. The Bertz CT molecular complexity index is 454.